The second-order valence-corrected chi connectivity index (χ2v) is 4.61. The van der Waals surface area contributed by atoms with Crippen LogP contribution in [-0.4, -0.2) is 47.4 Å². The number of halogens is 4. The Morgan fingerprint density at radius 3 is 2.65 bits per heavy atom. The minimum Gasteiger partial charge on any atom is -0.395 e. The lowest BCUT2D eigenvalue weighted by Gasteiger charge is -2.23. The van der Waals surface area contributed by atoms with Gasteiger partial charge in [-0.2, -0.15) is 13.2 Å². The number of nitrogens with one attached hydrogen (secondary N) is 1. The SMILES string of the molecule is CCNc1ccc(Cl)c(CN(CCO)CC(F)(F)F)n1. The highest BCUT2D eigenvalue weighted by atomic mass is 35.5. The predicted octanol–water partition coefficient (Wildman–Crippen LogP) is 2.52. The van der Waals surface area contributed by atoms with Crippen LogP contribution in [0, 0.1) is 0 Å². The maximum absolute atomic E-state index is 12.4. The van der Waals surface area contributed by atoms with Crippen molar-refractivity contribution in [1.29, 1.82) is 0 Å². The summed E-state index contributed by atoms with van der Waals surface area (Å²) in [5.41, 5.74) is 0.350. The number of aliphatic hydroxyl groups excluding tert-OH is 1. The number of hydrogen-bond donors (Lipinski definition) is 2. The molecule has 0 aromatic carbocycles. The number of aromatic nitrogens is 1. The van der Waals surface area contributed by atoms with E-state index in [1.807, 2.05) is 6.92 Å². The van der Waals surface area contributed by atoms with Crippen molar-refractivity contribution in [1.82, 2.24) is 9.88 Å². The Labute approximate surface area is 120 Å². The summed E-state index contributed by atoms with van der Waals surface area (Å²) in [6, 6.07) is 3.25. The Balaban J connectivity index is 2.83. The van der Waals surface area contributed by atoms with E-state index in [9.17, 15) is 13.2 Å². The number of aliphatic hydroxyl groups is 1. The third kappa shape index (κ3) is 5.94. The number of alkyl halides is 3. The minimum atomic E-state index is -4.33. The van der Waals surface area contributed by atoms with E-state index in [1.165, 1.54) is 0 Å². The van der Waals surface area contributed by atoms with Crippen LogP contribution in [0.25, 0.3) is 0 Å². The number of hydrogen-bond acceptors (Lipinski definition) is 4. The van der Waals surface area contributed by atoms with Crippen molar-refractivity contribution in [2.24, 2.45) is 0 Å². The van der Waals surface area contributed by atoms with Gasteiger partial charge in [0, 0.05) is 19.6 Å². The Hall–Kier alpha value is -1.05. The van der Waals surface area contributed by atoms with Crippen molar-refractivity contribution >= 4 is 17.4 Å². The monoisotopic (exact) mass is 311 g/mol. The fraction of sp³-hybridized carbons (Fsp3) is 0.583. The molecule has 0 fully saturated rings. The zero-order chi connectivity index (χ0) is 15.2. The molecule has 8 heteroatoms. The molecule has 0 saturated carbocycles. The maximum atomic E-state index is 12.4. The highest BCUT2D eigenvalue weighted by molar-refractivity contribution is 6.31. The van der Waals surface area contributed by atoms with E-state index in [2.05, 4.69) is 10.3 Å². The molecule has 0 aliphatic rings. The number of pyridine rings is 1. The lowest BCUT2D eigenvalue weighted by atomic mass is 10.3. The molecule has 0 amide bonds. The van der Waals surface area contributed by atoms with E-state index >= 15 is 0 Å². The maximum Gasteiger partial charge on any atom is 0.401 e. The molecule has 2 N–H and O–H groups in total. The van der Waals surface area contributed by atoms with Crippen LogP contribution in [-0.2, 0) is 6.54 Å². The topological polar surface area (TPSA) is 48.4 Å². The van der Waals surface area contributed by atoms with Gasteiger partial charge < -0.3 is 10.4 Å². The van der Waals surface area contributed by atoms with Crippen molar-refractivity contribution in [3.8, 4) is 0 Å². The first-order valence-electron chi connectivity index (χ1n) is 6.15. The van der Waals surface area contributed by atoms with Gasteiger partial charge in [0.1, 0.15) is 5.82 Å². The highest BCUT2D eigenvalue weighted by Gasteiger charge is 2.30. The van der Waals surface area contributed by atoms with Gasteiger partial charge in [0.15, 0.2) is 0 Å². The van der Waals surface area contributed by atoms with E-state index in [4.69, 9.17) is 16.7 Å². The zero-order valence-electron chi connectivity index (χ0n) is 11.0. The molecule has 114 valence electrons. The predicted molar refractivity (Wildman–Crippen MR) is 71.8 cm³/mol. The van der Waals surface area contributed by atoms with E-state index in [-0.39, 0.29) is 19.7 Å². The molecule has 0 spiro atoms. The van der Waals surface area contributed by atoms with Crippen LogP contribution in [0.2, 0.25) is 5.02 Å². The largest absolute Gasteiger partial charge is 0.401 e. The van der Waals surface area contributed by atoms with Crippen molar-refractivity contribution in [2.75, 3.05) is 31.6 Å². The molecule has 20 heavy (non-hydrogen) atoms. The smallest absolute Gasteiger partial charge is 0.395 e. The summed E-state index contributed by atoms with van der Waals surface area (Å²) in [6.45, 7) is 0.896. The molecule has 0 aliphatic heterocycles. The molecule has 1 aromatic rings. The second-order valence-electron chi connectivity index (χ2n) is 4.20. The van der Waals surface area contributed by atoms with Crippen LogP contribution in [0.3, 0.4) is 0 Å². The van der Waals surface area contributed by atoms with E-state index in [0.717, 1.165) is 4.90 Å². The van der Waals surface area contributed by atoms with Crippen molar-refractivity contribution in [2.45, 2.75) is 19.6 Å². The van der Waals surface area contributed by atoms with Gasteiger partial charge in [0.25, 0.3) is 0 Å². The van der Waals surface area contributed by atoms with E-state index in [0.29, 0.717) is 23.1 Å². The van der Waals surface area contributed by atoms with Gasteiger partial charge in [0.2, 0.25) is 0 Å². The van der Waals surface area contributed by atoms with Crippen LogP contribution in [0.4, 0.5) is 19.0 Å². The van der Waals surface area contributed by atoms with Gasteiger partial charge in [-0.15, -0.1) is 0 Å². The van der Waals surface area contributed by atoms with Crippen molar-refractivity contribution in [3.05, 3.63) is 22.8 Å². The molecule has 1 rings (SSSR count). The first-order chi connectivity index (χ1) is 9.35. The Morgan fingerprint density at radius 2 is 2.10 bits per heavy atom. The van der Waals surface area contributed by atoms with Crippen LogP contribution < -0.4 is 5.32 Å². The number of nitrogens with zero attached hydrogens (tertiary/aromatic N) is 2. The fourth-order valence-corrected chi connectivity index (χ4v) is 1.86. The zero-order valence-corrected chi connectivity index (χ0v) is 11.8. The summed E-state index contributed by atoms with van der Waals surface area (Å²) in [5.74, 6) is 0.558. The van der Waals surface area contributed by atoms with Crippen LogP contribution in [0.5, 0.6) is 0 Å². The van der Waals surface area contributed by atoms with E-state index in [1.54, 1.807) is 12.1 Å². The summed E-state index contributed by atoms with van der Waals surface area (Å²) < 4.78 is 37.3. The molecule has 1 aromatic heterocycles. The molecular formula is C12H17ClF3N3O. The third-order valence-electron chi connectivity index (χ3n) is 2.47. The molecule has 4 nitrogen and oxygen atoms in total. The van der Waals surface area contributed by atoms with Gasteiger partial charge in [-0.1, -0.05) is 11.6 Å². The third-order valence-corrected chi connectivity index (χ3v) is 2.81. The van der Waals surface area contributed by atoms with Crippen LogP contribution in [0.1, 0.15) is 12.6 Å². The molecule has 0 saturated heterocycles. The van der Waals surface area contributed by atoms with Gasteiger partial charge in [0.05, 0.1) is 23.9 Å². The lowest BCUT2D eigenvalue weighted by molar-refractivity contribution is -0.148. The molecule has 0 aliphatic carbocycles. The second kappa shape index (κ2) is 7.66. The van der Waals surface area contributed by atoms with Gasteiger partial charge in [-0.25, -0.2) is 4.98 Å². The summed E-state index contributed by atoms with van der Waals surface area (Å²) in [6.07, 6.45) is -4.33. The lowest BCUT2D eigenvalue weighted by Crippen LogP contribution is -2.36. The average molecular weight is 312 g/mol. The first kappa shape index (κ1) is 17.0. The van der Waals surface area contributed by atoms with Gasteiger partial charge in [-0.3, -0.25) is 4.90 Å². The molecule has 0 atom stereocenters. The van der Waals surface area contributed by atoms with Gasteiger partial charge in [-0.05, 0) is 19.1 Å². The average Bonchev–Trinajstić information content (AvgIpc) is 2.32. The standard InChI is InChI=1S/C12H17ClF3N3O/c1-2-17-11-4-3-9(13)10(18-11)7-19(5-6-20)8-12(14,15)16/h3-4,20H,2,5-8H2,1H3,(H,17,18). The Kier molecular flexibility index (Phi) is 6.51. The molecule has 0 radical (unpaired) electrons. The summed E-state index contributed by atoms with van der Waals surface area (Å²) in [4.78, 5) is 5.24. The molecule has 0 bridgehead atoms. The Bertz CT molecular complexity index is 429. The van der Waals surface area contributed by atoms with E-state index < -0.39 is 12.7 Å². The quantitative estimate of drug-likeness (QED) is 0.812. The molecule has 0 unspecified atom stereocenters. The normalized spacial score (nSPS) is 11.9. The Morgan fingerprint density at radius 1 is 1.40 bits per heavy atom. The number of rotatable bonds is 7. The van der Waals surface area contributed by atoms with Crippen LogP contribution >= 0.6 is 11.6 Å². The minimum absolute atomic E-state index is 0.0713. The first-order valence-corrected chi connectivity index (χ1v) is 6.52. The summed E-state index contributed by atoms with van der Waals surface area (Å²) in [7, 11) is 0. The van der Waals surface area contributed by atoms with Crippen molar-refractivity contribution < 1.29 is 18.3 Å². The fourth-order valence-electron chi connectivity index (χ4n) is 1.70. The highest BCUT2D eigenvalue weighted by Crippen LogP contribution is 2.21. The summed E-state index contributed by atoms with van der Waals surface area (Å²) >= 11 is 5.95. The molecule has 1 heterocycles. The molecular weight excluding hydrogens is 295 g/mol. The van der Waals surface area contributed by atoms with Crippen LogP contribution in [0.15, 0.2) is 12.1 Å². The number of anilines is 1. The van der Waals surface area contributed by atoms with Crippen molar-refractivity contribution in [3.63, 3.8) is 0 Å². The summed E-state index contributed by atoms with van der Waals surface area (Å²) in [5, 5.41) is 12.1. The van der Waals surface area contributed by atoms with Gasteiger partial charge >= 0.3 is 6.18 Å².